The molecule has 17 heavy (non-hydrogen) atoms. The second-order valence-electron chi connectivity index (χ2n) is 5.84. The lowest BCUT2D eigenvalue weighted by Gasteiger charge is -2.47. The molecule has 100 valence electrons. The fourth-order valence-corrected chi connectivity index (χ4v) is 3.45. The van der Waals surface area contributed by atoms with E-state index in [1.54, 1.807) is 0 Å². The van der Waals surface area contributed by atoms with Crippen molar-refractivity contribution in [3.63, 3.8) is 0 Å². The molecule has 1 atom stereocenters. The summed E-state index contributed by atoms with van der Waals surface area (Å²) in [4.78, 5) is 2.57. The van der Waals surface area contributed by atoms with Crippen LogP contribution in [0.25, 0.3) is 0 Å². The molecule has 0 spiro atoms. The van der Waals surface area contributed by atoms with Crippen LogP contribution in [0.15, 0.2) is 0 Å². The molecule has 0 amide bonds. The second-order valence-corrected chi connectivity index (χ2v) is 5.84. The molecule has 2 aliphatic rings. The summed E-state index contributed by atoms with van der Waals surface area (Å²) >= 11 is 0. The molecular formula is C14H28N2O. The Morgan fingerprint density at radius 1 is 1.18 bits per heavy atom. The third-order valence-corrected chi connectivity index (χ3v) is 4.80. The van der Waals surface area contributed by atoms with Gasteiger partial charge in [0.1, 0.15) is 0 Å². The Morgan fingerprint density at radius 2 is 1.88 bits per heavy atom. The van der Waals surface area contributed by atoms with Crippen LogP contribution < -0.4 is 5.73 Å². The van der Waals surface area contributed by atoms with Gasteiger partial charge in [0.15, 0.2) is 0 Å². The summed E-state index contributed by atoms with van der Waals surface area (Å²) in [5.41, 5.74) is 6.18. The first-order valence-electron chi connectivity index (χ1n) is 7.29. The van der Waals surface area contributed by atoms with Crippen molar-refractivity contribution in [2.24, 2.45) is 5.73 Å². The van der Waals surface area contributed by atoms with Gasteiger partial charge in [-0.2, -0.15) is 0 Å². The Labute approximate surface area is 106 Å². The van der Waals surface area contributed by atoms with Crippen molar-refractivity contribution in [2.75, 3.05) is 26.8 Å². The number of nitrogens with two attached hydrogens (primary N) is 1. The van der Waals surface area contributed by atoms with Crippen molar-refractivity contribution in [1.82, 2.24) is 4.90 Å². The predicted octanol–water partition coefficient (Wildman–Crippen LogP) is 2.15. The zero-order valence-electron chi connectivity index (χ0n) is 11.3. The molecule has 1 saturated heterocycles. The van der Waals surface area contributed by atoms with Crippen LogP contribution in [0.5, 0.6) is 0 Å². The van der Waals surface area contributed by atoms with Gasteiger partial charge >= 0.3 is 0 Å². The molecule has 1 unspecified atom stereocenters. The van der Waals surface area contributed by atoms with Crippen molar-refractivity contribution < 1.29 is 4.74 Å². The van der Waals surface area contributed by atoms with Gasteiger partial charge in [0, 0.05) is 19.2 Å². The van der Waals surface area contributed by atoms with Crippen molar-refractivity contribution in [1.29, 1.82) is 0 Å². The lowest BCUT2D eigenvalue weighted by atomic mass is 9.88. The number of nitrogens with zero attached hydrogens (tertiary/aromatic N) is 1. The molecule has 2 rings (SSSR count). The van der Waals surface area contributed by atoms with Gasteiger partial charge in [0.05, 0.1) is 12.1 Å². The summed E-state index contributed by atoms with van der Waals surface area (Å²) in [6, 6.07) is 0.725. The minimum Gasteiger partial charge on any atom is -0.379 e. The first-order valence-corrected chi connectivity index (χ1v) is 7.29. The quantitative estimate of drug-likeness (QED) is 0.768. The highest BCUT2D eigenvalue weighted by atomic mass is 16.5. The summed E-state index contributed by atoms with van der Waals surface area (Å²) in [5, 5.41) is 0. The van der Waals surface area contributed by atoms with E-state index in [4.69, 9.17) is 10.5 Å². The molecule has 2 fully saturated rings. The van der Waals surface area contributed by atoms with Gasteiger partial charge in [-0.15, -0.1) is 0 Å². The first kappa shape index (κ1) is 13.3. The van der Waals surface area contributed by atoms with E-state index in [-0.39, 0.29) is 5.54 Å². The molecule has 1 saturated carbocycles. The lowest BCUT2D eigenvalue weighted by Crippen LogP contribution is -2.60. The summed E-state index contributed by atoms with van der Waals surface area (Å²) in [6.45, 7) is 2.48. The fraction of sp³-hybridized carbons (Fsp3) is 1.00. The zero-order chi connectivity index (χ0) is 12.1. The average Bonchev–Trinajstić information content (AvgIpc) is 2.67. The van der Waals surface area contributed by atoms with Gasteiger partial charge in [-0.25, -0.2) is 0 Å². The zero-order valence-corrected chi connectivity index (χ0v) is 11.3. The molecule has 1 heterocycles. The van der Waals surface area contributed by atoms with Gasteiger partial charge < -0.3 is 10.5 Å². The summed E-state index contributed by atoms with van der Waals surface area (Å²) in [5.74, 6) is 0. The molecule has 2 N–H and O–H groups in total. The van der Waals surface area contributed by atoms with Crippen LogP contribution >= 0.6 is 0 Å². The Hall–Kier alpha value is -0.120. The third-order valence-electron chi connectivity index (χ3n) is 4.80. The summed E-state index contributed by atoms with van der Waals surface area (Å²) < 4.78 is 5.70. The second kappa shape index (κ2) is 6.17. The van der Waals surface area contributed by atoms with Gasteiger partial charge in [-0.1, -0.05) is 25.7 Å². The van der Waals surface area contributed by atoms with Crippen molar-refractivity contribution >= 4 is 0 Å². The Morgan fingerprint density at radius 3 is 2.41 bits per heavy atom. The van der Waals surface area contributed by atoms with E-state index in [0.29, 0.717) is 0 Å². The number of rotatable bonds is 3. The molecule has 0 radical (unpaired) electrons. The van der Waals surface area contributed by atoms with Crippen molar-refractivity contribution in [3.8, 4) is 0 Å². The molecule has 3 nitrogen and oxygen atoms in total. The van der Waals surface area contributed by atoms with Crippen molar-refractivity contribution in [3.05, 3.63) is 0 Å². The minimum absolute atomic E-state index is 0.118. The van der Waals surface area contributed by atoms with Crippen LogP contribution in [0.2, 0.25) is 0 Å². The number of hydrogen-bond donors (Lipinski definition) is 1. The molecule has 1 aliphatic heterocycles. The highest BCUT2D eigenvalue weighted by molar-refractivity contribution is 4.95. The SMILES string of the molecule is CN(C1CCCCCC1)C1(CN)CCCOC1. The van der Waals surface area contributed by atoms with Crippen LogP contribution in [-0.4, -0.2) is 43.3 Å². The average molecular weight is 240 g/mol. The molecule has 0 aromatic rings. The summed E-state index contributed by atoms with van der Waals surface area (Å²) in [7, 11) is 2.28. The normalized spacial score (nSPS) is 32.6. The monoisotopic (exact) mass is 240 g/mol. The largest absolute Gasteiger partial charge is 0.379 e. The standard InChI is InChI=1S/C14H28N2O/c1-16(13-7-4-2-3-5-8-13)14(11-15)9-6-10-17-12-14/h13H,2-12,15H2,1H3. The van der Waals surface area contributed by atoms with E-state index in [2.05, 4.69) is 11.9 Å². The molecule has 0 aromatic carbocycles. The van der Waals surface area contributed by atoms with Gasteiger partial charge in [0.2, 0.25) is 0 Å². The maximum Gasteiger partial charge on any atom is 0.0662 e. The topological polar surface area (TPSA) is 38.5 Å². The van der Waals surface area contributed by atoms with E-state index in [1.807, 2.05) is 0 Å². The van der Waals surface area contributed by atoms with E-state index in [0.717, 1.165) is 32.2 Å². The van der Waals surface area contributed by atoms with Crippen LogP contribution in [0.3, 0.4) is 0 Å². The predicted molar refractivity (Wildman–Crippen MR) is 71.1 cm³/mol. The maximum absolute atomic E-state index is 6.06. The third kappa shape index (κ3) is 3.01. The molecule has 1 aliphatic carbocycles. The van der Waals surface area contributed by atoms with E-state index in [9.17, 15) is 0 Å². The number of ether oxygens (including phenoxy) is 1. The highest BCUT2D eigenvalue weighted by Crippen LogP contribution is 2.30. The lowest BCUT2D eigenvalue weighted by molar-refractivity contribution is -0.0530. The van der Waals surface area contributed by atoms with E-state index in [1.165, 1.54) is 44.9 Å². The minimum atomic E-state index is 0.118. The number of likely N-dealkylation sites (N-methyl/N-ethyl adjacent to an activating group) is 1. The smallest absolute Gasteiger partial charge is 0.0662 e. The van der Waals surface area contributed by atoms with Gasteiger partial charge in [0.25, 0.3) is 0 Å². The number of hydrogen-bond acceptors (Lipinski definition) is 3. The van der Waals surface area contributed by atoms with Crippen LogP contribution in [-0.2, 0) is 4.74 Å². The Kier molecular flexibility index (Phi) is 4.83. The Bertz CT molecular complexity index is 218. The van der Waals surface area contributed by atoms with Gasteiger partial charge in [-0.05, 0) is 32.7 Å². The highest BCUT2D eigenvalue weighted by Gasteiger charge is 2.38. The Balaban J connectivity index is 2.01. The van der Waals surface area contributed by atoms with E-state index >= 15 is 0 Å². The molecule has 0 bridgehead atoms. The summed E-state index contributed by atoms with van der Waals surface area (Å²) in [6.07, 6.45) is 10.7. The van der Waals surface area contributed by atoms with Crippen LogP contribution in [0.4, 0.5) is 0 Å². The van der Waals surface area contributed by atoms with E-state index < -0.39 is 0 Å². The molecule has 0 aromatic heterocycles. The molecular weight excluding hydrogens is 212 g/mol. The van der Waals surface area contributed by atoms with Crippen molar-refractivity contribution in [2.45, 2.75) is 62.9 Å². The van der Waals surface area contributed by atoms with Gasteiger partial charge in [-0.3, -0.25) is 4.90 Å². The van der Waals surface area contributed by atoms with Crippen LogP contribution in [0.1, 0.15) is 51.4 Å². The maximum atomic E-state index is 6.06. The fourth-order valence-electron chi connectivity index (χ4n) is 3.45. The molecule has 3 heteroatoms. The first-order chi connectivity index (χ1) is 8.28. The van der Waals surface area contributed by atoms with Crippen LogP contribution in [0, 0.1) is 0 Å².